The highest BCUT2D eigenvalue weighted by molar-refractivity contribution is 7.89. The number of anilines is 1. The van der Waals surface area contributed by atoms with E-state index in [4.69, 9.17) is 4.74 Å². The Bertz CT molecular complexity index is 939. The number of morpholine rings is 1. The number of aromatic nitrogens is 1. The molecule has 1 aliphatic heterocycles. The molecule has 1 fully saturated rings. The van der Waals surface area contributed by atoms with E-state index in [0.717, 1.165) is 0 Å². The first-order valence-corrected chi connectivity index (χ1v) is 10.3. The van der Waals surface area contributed by atoms with Gasteiger partial charge in [0, 0.05) is 31.9 Å². The van der Waals surface area contributed by atoms with Crippen LogP contribution in [0.1, 0.15) is 13.8 Å². The molecule has 146 valence electrons. The van der Waals surface area contributed by atoms with Gasteiger partial charge in [0.15, 0.2) is 0 Å². The number of benzene rings is 1. The Balaban J connectivity index is 1.72. The van der Waals surface area contributed by atoms with Crippen molar-refractivity contribution < 1.29 is 18.1 Å². The van der Waals surface area contributed by atoms with Gasteiger partial charge in [-0.15, -0.1) is 0 Å². The van der Waals surface area contributed by atoms with E-state index in [2.05, 4.69) is 10.3 Å². The summed E-state index contributed by atoms with van der Waals surface area (Å²) >= 11 is 0. The van der Waals surface area contributed by atoms with Crippen molar-refractivity contribution in [2.45, 2.75) is 26.1 Å². The van der Waals surface area contributed by atoms with Crippen LogP contribution in [0, 0.1) is 10.1 Å². The molecule has 9 nitrogen and oxygen atoms in total. The van der Waals surface area contributed by atoms with Crippen molar-refractivity contribution >= 4 is 32.3 Å². The molecule has 1 aromatic carbocycles. The summed E-state index contributed by atoms with van der Waals surface area (Å²) in [6.45, 7) is 4.56. The minimum Gasteiger partial charge on any atom is -0.382 e. The lowest BCUT2D eigenvalue weighted by Crippen LogP contribution is -2.49. The lowest BCUT2D eigenvalue weighted by Gasteiger charge is -2.34. The Kier molecular flexibility index (Phi) is 5.59. The molecule has 2 atom stereocenters. The second kappa shape index (κ2) is 7.75. The second-order valence-corrected chi connectivity index (χ2v) is 8.69. The minimum atomic E-state index is -3.43. The van der Waals surface area contributed by atoms with E-state index in [1.54, 1.807) is 24.4 Å². The molecule has 1 aliphatic rings. The van der Waals surface area contributed by atoms with Gasteiger partial charge < -0.3 is 10.1 Å². The Morgan fingerprint density at radius 1 is 1.30 bits per heavy atom. The van der Waals surface area contributed by atoms with Crippen LogP contribution in [-0.2, 0) is 14.8 Å². The molecule has 3 rings (SSSR count). The predicted octanol–water partition coefficient (Wildman–Crippen LogP) is 1.99. The van der Waals surface area contributed by atoms with E-state index in [9.17, 15) is 18.5 Å². The van der Waals surface area contributed by atoms with Gasteiger partial charge in [-0.05, 0) is 32.0 Å². The van der Waals surface area contributed by atoms with Gasteiger partial charge in [0.05, 0.1) is 34.0 Å². The maximum atomic E-state index is 12.6. The molecule has 0 aliphatic carbocycles. The molecule has 0 amide bonds. The van der Waals surface area contributed by atoms with Crippen LogP contribution in [0.15, 0.2) is 30.5 Å². The van der Waals surface area contributed by atoms with E-state index in [1.165, 1.54) is 10.4 Å². The predicted molar refractivity (Wildman–Crippen MR) is 102 cm³/mol. The number of hydrogen-bond donors (Lipinski definition) is 1. The van der Waals surface area contributed by atoms with E-state index in [0.29, 0.717) is 29.7 Å². The number of sulfonamides is 1. The van der Waals surface area contributed by atoms with Crippen molar-refractivity contribution in [2.24, 2.45) is 0 Å². The van der Waals surface area contributed by atoms with Gasteiger partial charge in [-0.3, -0.25) is 15.1 Å². The minimum absolute atomic E-state index is 0.0347. The van der Waals surface area contributed by atoms with Crippen molar-refractivity contribution in [1.29, 1.82) is 0 Å². The SMILES string of the molecule is C[C@H]1CN(S(=O)(=O)CCNc2ccc([N+](=O)[O-])c3cccnc23)C[C@H](C)O1. The number of rotatable bonds is 6. The zero-order valence-electron chi connectivity index (χ0n) is 15.2. The van der Waals surface area contributed by atoms with E-state index in [-0.39, 0.29) is 30.2 Å². The normalized spacial score (nSPS) is 21.3. The Labute approximate surface area is 157 Å². The highest BCUT2D eigenvalue weighted by atomic mass is 32.2. The van der Waals surface area contributed by atoms with Crippen LogP contribution in [0.5, 0.6) is 0 Å². The summed E-state index contributed by atoms with van der Waals surface area (Å²) < 4.78 is 32.2. The zero-order valence-corrected chi connectivity index (χ0v) is 16.0. The third-order valence-corrected chi connectivity index (χ3v) is 6.20. The monoisotopic (exact) mass is 394 g/mol. The summed E-state index contributed by atoms with van der Waals surface area (Å²) in [7, 11) is -3.43. The molecule has 1 saturated heterocycles. The fourth-order valence-corrected chi connectivity index (χ4v) is 4.75. The van der Waals surface area contributed by atoms with Crippen LogP contribution >= 0.6 is 0 Å². The van der Waals surface area contributed by atoms with Crippen molar-refractivity contribution in [3.63, 3.8) is 0 Å². The zero-order chi connectivity index (χ0) is 19.6. The van der Waals surface area contributed by atoms with Gasteiger partial charge in [0.2, 0.25) is 10.0 Å². The van der Waals surface area contributed by atoms with Crippen LogP contribution in [0.3, 0.4) is 0 Å². The molecule has 10 heteroatoms. The molecule has 0 spiro atoms. The first kappa shape index (κ1) is 19.5. The molecule has 2 aromatic rings. The number of non-ortho nitro benzene ring substituents is 1. The highest BCUT2D eigenvalue weighted by Crippen LogP contribution is 2.29. The van der Waals surface area contributed by atoms with Gasteiger partial charge in [0.1, 0.15) is 5.52 Å². The average Bonchev–Trinajstić information content (AvgIpc) is 2.60. The molecular weight excluding hydrogens is 372 g/mol. The van der Waals surface area contributed by atoms with E-state index in [1.807, 2.05) is 13.8 Å². The quantitative estimate of drug-likeness (QED) is 0.588. The molecule has 2 heterocycles. The number of nitrogens with zero attached hydrogens (tertiary/aromatic N) is 3. The molecule has 0 saturated carbocycles. The number of ether oxygens (including phenoxy) is 1. The Morgan fingerprint density at radius 3 is 2.67 bits per heavy atom. The number of nitro groups is 1. The number of pyridine rings is 1. The molecule has 0 bridgehead atoms. The standard InChI is InChI=1S/C17H22N4O5S/c1-12-10-20(11-13(2)26-12)27(24,25)9-8-18-15-5-6-16(21(22)23)14-4-3-7-19-17(14)15/h3-7,12-13,18H,8-11H2,1-2H3/t12-,13-/m0/s1. The highest BCUT2D eigenvalue weighted by Gasteiger charge is 2.30. The topological polar surface area (TPSA) is 115 Å². The number of nitrogens with one attached hydrogen (secondary N) is 1. The maximum Gasteiger partial charge on any atom is 0.278 e. The number of fused-ring (bicyclic) bond motifs is 1. The number of nitro benzene ring substituents is 1. The summed E-state index contributed by atoms with van der Waals surface area (Å²) in [5.41, 5.74) is 0.973. The Hall–Kier alpha value is -2.30. The lowest BCUT2D eigenvalue weighted by molar-refractivity contribution is -0.383. The molecule has 1 aromatic heterocycles. The second-order valence-electron chi connectivity index (χ2n) is 6.61. The Morgan fingerprint density at radius 2 is 2.00 bits per heavy atom. The van der Waals surface area contributed by atoms with Crippen LogP contribution in [-0.4, -0.2) is 60.2 Å². The van der Waals surface area contributed by atoms with Gasteiger partial charge in [-0.1, -0.05) is 0 Å². The third-order valence-electron chi connectivity index (χ3n) is 4.40. The van der Waals surface area contributed by atoms with Crippen LogP contribution in [0.2, 0.25) is 0 Å². The summed E-state index contributed by atoms with van der Waals surface area (Å²) in [5.74, 6) is -0.0856. The van der Waals surface area contributed by atoms with Gasteiger partial charge in [0.25, 0.3) is 5.69 Å². The van der Waals surface area contributed by atoms with Crippen molar-refractivity contribution in [1.82, 2.24) is 9.29 Å². The third kappa shape index (κ3) is 4.34. The lowest BCUT2D eigenvalue weighted by atomic mass is 10.1. The molecule has 0 unspecified atom stereocenters. The first-order valence-electron chi connectivity index (χ1n) is 8.67. The molecular formula is C17H22N4O5S. The fraction of sp³-hybridized carbons (Fsp3) is 0.471. The first-order chi connectivity index (χ1) is 12.8. The van der Waals surface area contributed by atoms with Crippen molar-refractivity contribution in [3.05, 3.63) is 40.6 Å². The van der Waals surface area contributed by atoms with Crippen LogP contribution in [0.4, 0.5) is 11.4 Å². The average molecular weight is 394 g/mol. The number of hydrogen-bond acceptors (Lipinski definition) is 7. The summed E-state index contributed by atoms with van der Waals surface area (Å²) in [6.07, 6.45) is 1.27. The van der Waals surface area contributed by atoms with Crippen LogP contribution < -0.4 is 5.32 Å². The van der Waals surface area contributed by atoms with Gasteiger partial charge in [-0.25, -0.2) is 8.42 Å². The molecule has 0 radical (unpaired) electrons. The summed E-state index contributed by atoms with van der Waals surface area (Å²) in [5, 5.41) is 14.6. The van der Waals surface area contributed by atoms with Crippen LogP contribution in [0.25, 0.3) is 10.9 Å². The van der Waals surface area contributed by atoms with Gasteiger partial charge in [-0.2, -0.15) is 4.31 Å². The largest absolute Gasteiger partial charge is 0.382 e. The summed E-state index contributed by atoms with van der Waals surface area (Å²) in [6, 6.07) is 6.20. The van der Waals surface area contributed by atoms with Gasteiger partial charge >= 0.3 is 0 Å². The van der Waals surface area contributed by atoms with Crippen molar-refractivity contribution in [3.8, 4) is 0 Å². The summed E-state index contributed by atoms with van der Waals surface area (Å²) in [4.78, 5) is 14.9. The van der Waals surface area contributed by atoms with Crippen molar-refractivity contribution in [2.75, 3.05) is 30.7 Å². The smallest absolute Gasteiger partial charge is 0.278 e. The van der Waals surface area contributed by atoms with E-state index < -0.39 is 14.9 Å². The van der Waals surface area contributed by atoms with E-state index >= 15 is 0 Å². The molecule has 1 N–H and O–H groups in total. The fourth-order valence-electron chi connectivity index (χ4n) is 3.26. The molecule has 27 heavy (non-hydrogen) atoms. The maximum absolute atomic E-state index is 12.6.